The molecule has 2 heterocycles. The zero-order valence-electron chi connectivity index (χ0n) is 14.3. The van der Waals surface area contributed by atoms with Crippen molar-refractivity contribution >= 4 is 45.8 Å². The molecule has 134 valence electrons. The predicted molar refractivity (Wildman–Crippen MR) is 108 cm³/mol. The van der Waals surface area contributed by atoms with Crippen LogP contribution in [0.3, 0.4) is 0 Å². The van der Waals surface area contributed by atoms with Crippen molar-refractivity contribution in [1.82, 2.24) is 14.8 Å². The fourth-order valence-corrected chi connectivity index (χ4v) is 3.33. The van der Waals surface area contributed by atoms with Crippen molar-refractivity contribution in [3.63, 3.8) is 0 Å². The number of hydrogen-bond acceptors (Lipinski definition) is 3. The molecule has 0 saturated heterocycles. The molecule has 5 nitrogen and oxygen atoms in total. The highest BCUT2D eigenvalue weighted by Gasteiger charge is 2.16. The van der Waals surface area contributed by atoms with Gasteiger partial charge in [0.2, 0.25) is 0 Å². The molecule has 0 atom stereocenters. The van der Waals surface area contributed by atoms with Crippen molar-refractivity contribution in [2.75, 3.05) is 5.32 Å². The van der Waals surface area contributed by atoms with Gasteiger partial charge in [-0.15, -0.1) is 0 Å². The molecule has 27 heavy (non-hydrogen) atoms. The van der Waals surface area contributed by atoms with Crippen molar-refractivity contribution in [3.8, 4) is 11.3 Å². The molecule has 0 unspecified atom stereocenters. The van der Waals surface area contributed by atoms with Gasteiger partial charge in [-0.05, 0) is 24.3 Å². The monoisotopic (exact) mass is 396 g/mol. The molecule has 1 amide bonds. The van der Waals surface area contributed by atoms with Gasteiger partial charge in [-0.3, -0.25) is 14.5 Å². The summed E-state index contributed by atoms with van der Waals surface area (Å²) in [7, 11) is 1.75. The standard InChI is InChI=1S/C20H14Cl2N4O/c1-26-19(11-18(25-26)13-6-2-3-7-15(13)21)24-20(27)14-10-17-12(9-16(14)22)5-4-8-23-17/h2-11H,1H3,(H,24,27). The molecular weight excluding hydrogens is 383 g/mol. The summed E-state index contributed by atoms with van der Waals surface area (Å²) in [6.45, 7) is 0. The molecule has 0 saturated carbocycles. The van der Waals surface area contributed by atoms with Crippen molar-refractivity contribution in [2.24, 2.45) is 7.05 Å². The van der Waals surface area contributed by atoms with E-state index in [4.69, 9.17) is 23.2 Å². The number of carbonyl (C=O) groups excluding carboxylic acids is 1. The van der Waals surface area contributed by atoms with Crippen molar-refractivity contribution in [3.05, 3.63) is 76.4 Å². The number of hydrogen-bond donors (Lipinski definition) is 1. The topological polar surface area (TPSA) is 59.8 Å². The fraction of sp³-hybridized carbons (Fsp3) is 0.0500. The normalized spacial score (nSPS) is 10.9. The Hall–Kier alpha value is -2.89. The van der Waals surface area contributed by atoms with E-state index in [1.54, 1.807) is 42.2 Å². The molecule has 7 heteroatoms. The van der Waals surface area contributed by atoms with E-state index in [1.165, 1.54) is 0 Å². The van der Waals surface area contributed by atoms with E-state index >= 15 is 0 Å². The van der Waals surface area contributed by atoms with Gasteiger partial charge in [0, 0.05) is 30.3 Å². The molecule has 0 bridgehead atoms. The number of carbonyl (C=O) groups is 1. The van der Waals surface area contributed by atoms with E-state index in [0.29, 0.717) is 32.6 Å². The summed E-state index contributed by atoms with van der Waals surface area (Å²) in [5, 5.41) is 9.11. The number of nitrogens with zero attached hydrogens (tertiary/aromatic N) is 3. The van der Waals surface area contributed by atoms with Crippen LogP contribution in [0.4, 0.5) is 5.82 Å². The second kappa shape index (κ2) is 7.02. The first-order valence-electron chi connectivity index (χ1n) is 8.17. The minimum absolute atomic E-state index is 0.332. The third-order valence-corrected chi connectivity index (χ3v) is 4.85. The minimum Gasteiger partial charge on any atom is -0.307 e. The van der Waals surface area contributed by atoms with Crippen LogP contribution in [0.25, 0.3) is 22.2 Å². The van der Waals surface area contributed by atoms with E-state index in [1.807, 2.05) is 30.3 Å². The molecule has 4 rings (SSSR count). The Balaban J connectivity index is 1.66. The quantitative estimate of drug-likeness (QED) is 0.517. The number of pyridine rings is 1. The van der Waals surface area contributed by atoms with E-state index < -0.39 is 0 Å². The number of aryl methyl sites for hydroxylation is 1. The summed E-state index contributed by atoms with van der Waals surface area (Å²) in [6, 6.07) is 16.3. The smallest absolute Gasteiger partial charge is 0.258 e. The lowest BCUT2D eigenvalue weighted by Gasteiger charge is -2.08. The Morgan fingerprint density at radius 3 is 2.67 bits per heavy atom. The van der Waals surface area contributed by atoms with E-state index in [2.05, 4.69) is 15.4 Å². The number of rotatable bonds is 3. The lowest BCUT2D eigenvalue weighted by Crippen LogP contribution is -2.15. The average Bonchev–Trinajstić information content (AvgIpc) is 3.01. The van der Waals surface area contributed by atoms with Crippen LogP contribution in [0.1, 0.15) is 10.4 Å². The first kappa shape index (κ1) is 17.5. The summed E-state index contributed by atoms with van der Waals surface area (Å²) < 4.78 is 1.59. The highest BCUT2D eigenvalue weighted by molar-refractivity contribution is 6.35. The van der Waals surface area contributed by atoms with Gasteiger partial charge in [0.1, 0.15) is 5.82 Å². The van der Waals surface area contributed by atoms with Crippen LogP contribution in [0.5, 0.6) is 0 Å². The van der Waals surface area contributed by atoms with E-state index in [9.17, 15) is 4.79 Å². The molecule has 0 aliphatic rings. The van der Waals surface area contributed by atoms with Crippen LogP contribution in [0, 0.1) is 0 Å². The van der Waals surface area contributed by atoms with Gasteiger partial charge in [0.25, 0.3) is 5.91 Å². The Morgan fingerprint density at radius 2 is 1.85 bits per heavy atom. The maximum atomic E-state index is 12.8. The Labute approximate surface area is 165 Å². The van der Waals surface area contributed by atoms with Gasteiger partial charge in [-0.2, -0.15) is 5.10 Å². The second-order valence-corrected chi connectivity index (χ2v) is 6.81. The summed E-state index contributed by atoms with van der Waals surface area (Å²) in [4.78, 5) is 17.0. The highest BCUT2D eigenvalue weighted by Crippen LogP contribution is 2.29. The SMILES string of the molecule is Cn1nc(-c2ccccc2Cl)cc1NC(=O)c1cc2ncccc2cc1Cl. The number of nitrogens with one attached hydrogen (secondary N) is 1. The zero-order valence-corrected chi connectivity index (χ0v) is 15.8. The molecular formula is C20H14Cl2N4O. The van der Waals surface area contributed by atoms with Crippen LogP contribution < -0.4 is 5.32 Å². The molecule has 4 aromatic rings. The van der Waals surface area contributed by atoms with Crippen molar-refractivity contribution in [1.29, 1.82) is 0 Å². The first-order valence-corrected chi connectivity index (χ1v) is 8.93. The Bertz CT molecular complexity index is 1170. The zero-order chi connectivity index (χ0) is 19.0. The molecule has 2 aromatic carbocycles. The average molecular weight is 397 g/mol. The number of halogens is 2. The number of benzene rings is 2. The van der Waals surface area contributed by atoms with Gasteiger partial charge in [0.15, 0.2) is 0 Å². The van der Waals surface area contributed by atoms with Crippen LogP contribution in [0.2, 0.25) is 10.0 Å². The second-order valence-electron chi connectivity index (χ2n) is 6.00. The lowest BCUT2D eigenvalue weighted by molar-refractivity contribution is 0.102. The summed E-state index contributed by atoms with van der Waals surface area (Å²) in [6.07, 6.45) is 1.68. The van der Waals surface area contributed by atoms with Crippen LogP contribution in [-0.2, 0) is 7.05 Å². The maximum Gasteiger partial charge on any atom is 0.258 e. The van der Waals surface area contributed by atoms with Gasteiger partial charge in [-0.1, -0.05) is 47.5 Å². The number of anilines is 1. The molecule has 0 aliphatic heterocycles. The Morgan fingerprint density at radius 1 is 1.04 bits per heavy atom. The van der Waals surface area contributed by atoms with Crippen LogP contribution in [0.15, 0.2) is 60.8 Å². The molecule has 2 aromatic heterocycles. The minimum atomic E-state index is -0.332. The highest BCUT2D eigenvalue weighted by atomic mass is 35.5. The van der Waals surface area contributed by atoms with E-state index in [0.717, 1.165) is 10.9 Å². The van der Waals surface area contributed by atoms with Gasteiger partial charge < -0.3 is 5.32 Å². The number of fused-ring (bicyclic) bond motifs is 1. The lowest BCUT2D eigenvalue weighted by atomic mass is 10.1. The number of amides is 1. The maximum absolute atomic E-state index is 12.8. The van der Waals surface area contributed by atoms with Crippen LogP contribution in [-0.4, -0.2) is 20.7 Å². The Kier molecular flexibility index (Phi) is 4.56. The summed E-state index contributed by atoms with van der Waals surface area (Å²) in [5.41, 5.74) is 2.52. The molecule has 0 fully saturated rings. The number of aromatic nitrogens is 3. The molecule has 0 spiro atoms. The molecule has 1 N–H and O–H groups in total. The van der Waals surface area contributed by atoms with Crippen molar-refractivity contribution in [2.45, 2.75) is 0 Å². The van der Waals surface area contributed by atoms with Gasteiger partial charge in [0.05, 0.1) is 26.8 Å². The predicted octanol–water partition coefficient (Wildman–Crippen LogP) is 5.19. The van der Waals surface area contributed by atoms with Crippen LogP contribution >= 0.6 is 23.2 Å². The third-order valence-electron chi connectivity index (χ3n) is 4.21. The van der Waals surface area contributed by atoms with Gasteiger partial charge in [-0.25, -0.2) is 0 Å². The third kappa shape index (κ3) is 3.39. The summed E-state index contributed by atoms with van der Waals surface area (Å²) >= 11 is 12.5. The van der Waals surface area contributed by atoms with Crippen molar-refractivity contribution < 1.29 is 4.79 Å². The summed E-state index contributed by atoms with van der Waals surface area (Å²) in [5.74, 6) is 0.202. The van der Waals surface area contributed by atoms with E-state index in [-0.39, 0.29) is 5.91 Å². The molecule has 0 aliphatic carbocycles. The largest absolute Gasteiger partial charge is 0.307 e. The first-order chi connectivity index (χ1) is 13.0. The fourth-order valence-electron chi connectivity index (χ4n) is 2.84. The molecule has 0 radical (unpaired) electrons. The van der Waals surface area contributed by atoms with Gasteiger partial charge >= 0.3 is 0 Å².